The minimum atomic E-state index is -0.344. The van der Waals surface area contributed by atoms with Gasteiger partial charge in [-0.05, 0) is 54.8 Å². The zero-order valence-electron chi connectivity index (χ0n) is 20.2. The van der Waals surface area contributed by atoms with E-state index in [-0.39, 0.29) is 17.2 Å². The van der Waals surface area contributed by atoms with Crippen LogP contribution in [0.25, 0.3) is 0 Å². The molecule has 0 bridgehead atoms. The molecule has 0 atom stereocenters. The Bertz CT molecular complexity index is 999. The quantitative estimate of drug-likeness (QED) is 0.547. The van der Waals surface area contributed by atoms with Crippen molar-refractivity contribution < 1.29 is 23.8 Å². The molecule has 8 heteroatoms. The van der Waals surface area contributed by atoms with Gasteiger partial charge in [0.1, 0.15) is 5.75 Å². The Morgan fingerprint density at radius 3 is 2.40 bits per heavy atom. The fourth-order valence-corrected chi connectivity index (χ4v) is 4.84. The molecule has 0 aromatic heterocycles. The molecule has 2 aromatic rings. The van der Waals surface area contributed by atoms with Crippen LogP contribution in [-0.4, -0.2) is 74.7 Å². The molecule has 0 unspecified atom stereocenters. The number of rotatable bonds is 8. The molecule has 7 nitrogen and oxygen atoms in total. The summed E-state index contributed by atoms with van der Waals surface area (Å²) in [5, 5.41) is 0.649. The highest BCUT2D eigenvalue weighted by molar-refractivity contribution is 6.30. The SMILES string of the molecule is COCc1cccc(C(=O)N2CCC(COc3ccc(Cl)cc3)(CC(=O)N3CCOCC3)CC2)c1. The maximum absolute atomic E-state index is 13.2. The van der Waals surface area contributed by atoms with E-state index in [4.69, 9.17) is 25.8 Å². The van der Waals surface area contributed by atoms with Gasteiger partial charge >= 0.3 is 0 Å². The predicted octanol–water partition coefficient (Wildman–Crippen LogP) is 4.04. The van der Waals surface area contributed by atoms with E-state index in [2.05, 4.69) is 0 Å². The zero-order chi connectivity index (χ0) is 24.7. The van der Waals surface area contributed by atoms with E-state index in [0.717, 1.165) is 11.3 Å². The molecule has 2 fully saturated rings. The van der Waals surface area contributed by atoms with Crippen molar-refractivity contribution in [3.05, 3.63) is 64.7 Å². The number of nitrogens with zero attached hydrogens (tertiary/aromatic N) is 2. The van der Waals surface area contributed by atoms with Crippen molar-refractivity contribution in [1.29, 1.82) is 0 Å². The zero-order valence-corrected chi connectivity index (χ0v) is 21.0. The number of carbonyl (C=O) groups is 2. The molecule has 0 saturated carbocycles. The first-order valence-electron chi connectivity index (χ1n) is 12.1. The summed E-state index contributed by atoms with van der Waals surface area (Å²) in [5.41, 5.74) is 1.29. The first-order valence-corrected chi connectivity index (χ1v) is 12.5. The fourth-order valence-electron chi connectivity index (χ4n) is 4.71. The molecular weight excluding hydrogens is 468 g/mol. The fraction of sp³-hybridized carbons (Fsp3) is 0.481. The largest absolute Gasteiger partial charge is 0.493 e. The van der Waals surface area contributed by atoms with Crippen LogP contribution >= 0.6 is 11.6 Å². The maximum atomic E-state index is 13.2. The van der Waals surface area contributed by atoms with Crippen LogP contribution in [0.5, 0.6) is 5.75 Å². The summed E-state index contributed by atoms with van der Waals surface area (Å²) >= 11 is 6.01. The number of methoxy groups -OCH3 is 1. The van der Waals surface area contributed by atoms with E-state index in [0.29, 0.717) is 82.5 Å². The third kappa shape index (κ3) is 6.75. The Kier molecular flexibility index (Phi) is 8.65. The second-order valence-electron chi connectivity index (χ2n) is 9.34. The summed E-state index contributed by atoms with van der Waals surface area (Å²) < 4.78 is 16.8. The van der Waals surface area contributed by atoms with Crippen LogP contribution in [0.3, 0.4) is 0 Å². The van der Waals surface area contributed by atoms with Crippen molar-refractivity contribution in [1.82, 2.24) is 9.80 Å². The third-order valence-electron chi connectivity index (χ3n) is 6.84. The number of piperidine rings is 1. The summed E-state index contributed by atoms with van der Waals surface area (Å²) in [7, 11) is 1.64. The molecule has 0 radical (unpaired) electrons. The number of benzene rings is 2. The predicted molar refractivity (Wildman–Crippen MR) is 134 cm³/mol. The molecule has 2 aliphatic heterocycles. The van der Waals surface area contributed by atoms with E-state index >= 15 is 0 Å². The smallest absolute Gasteiger partial charge is 0.253 e. The van der Waals surface area contributed by atoms with Gasteiger partial charge < -0.3 is 24.0 Å². The Balaban J connectivity index is 1.44. The van der Waals surface area contributed by atoms with Crippen LogP contribution in [0, 0.1) is 5.41 Å². The number of carbonyl (C=O) groups excluding carboxylic acids is 2. The lowest BCUT2D eigenvalue weighted by Crippen LogP contribution is -2.49. The standard InChI is InChI=1S/C27H33ClN2O5/c1-33-19-21-3-2-4-22(17-21)26(32)30-11-9-27(10-12-30,18-25(31)29-13-15-34-16-14-29)20-35-24-7-5-23(28)6-8-24/h2-8,17H,9-16,18-20H2,1H3. The molecule has 2 heterocycles. The number of likely N-dealkylation sites (tertiary alicyclic amines) is 1. The van der Waals surface area contributed by atoms with Crippen molar-refractivity contribution in [3.8, 4) is 5.75 Å². The monoisotopic (exact) mass is 500 g/mol. The van der Waals surface area contributed by atoms with Crippen molar-refractivity contribution >= 4 is 23.4 Å². The Morgan fingerprint density at radius 1 is 1.00 bits per heavy atom. The average Bonchev–Trinajstić information content (AvgIpc) is 2.89. The number of halogens is 1. The Labute approximate surface area is 211 Å². The van der Waals surface area contributed by atoms with Crippen molar-refractivity contribution in [3.63, 3.8) is 0 Å². The van der Waals surface area contributed by atoms with Crippen LogP contribution < -0.4 is 4.74 Å². The van der Waals surface area contributed by atoms with Crippen molar-refractivity contribution in [2.75, 3.05) is 53.1 Å². The highest BCUT2D eigenvalue weighted by Gasteiger charge is 2.40. The summed E-state index contributed by atoms with van der Waals surface area (Å²) in [6, 6.07) is 14.8. The van der Waals surface area contributed by atoms with Gasteiger partial charge in [0.05, 0.1) is 26.4 Å². The van der Waals surface area contributed by atoms with Crippen molar-refractivity contribution in [2.24, 2.45) is 5.41 Å². The van der Waals surface area contributed by atoms with E-state index in [1.165, 1.54) is 0 Å². The lowest BCUT2D eigenvalue weighted by atomic mass is 9.75. The molecule has 0 spiro atoms. The van der Waals surface area contributed by atoms with Crippen LogP contribution in [-0.2, 0) is 20.9 Å². The second-order valence-corrected chi connectivity index (χ2v) is 9.77. The van der Waals surface area contributed by atoms with Crippen molar-refractivity contribution in [2.45, 2.75) is 25.9 Å². The minimum absolute atomic E-state index is 0.00896. The van der Waals surface area contributed by atoms with Gasteiger partial charge in [-0.2, -0.15) is 0 Å². The molecule has 2 amide bonds. The normalized spacial score (nSPS) is 17.8. The highest BCUT2D eigenvalue weighted by atomic mass is 35.5. The molecule has 0 N–H and O–H groups in total. The molecular formula is C27H33ClN2O5. The van der Waals surface area contributed by atoms with Crippen LogP contribution in [0.2, 0.25) is 5.02 Å². The van der Waals surface area contributed by atoms with Gasteiger partial charge in [0.25, 0.3) is 5.91 Å². The summed E-state index contributed by atoms with van der Waals surface area (Å²) in [5.74, 6) is 0.857. The van der Waals surface area contributed by atoms with E-state index < -0.39 is 0 Å². The number of hydrogen-bond donors (Lipinski definition) is 0. The van der Waals surface area contributed by atoms with Crippen LogP contribution in [0.15, 0.2) is 48.5 Å². The lowest BCUT2D eigenvalue weighted by Gasteiger charge is -2.42. The number of morpholine rings is 1. The molecule has 2 saturated heterocycles. The average molecular weight is 501 g/mol. The molecule has 2 aromatic carbocycles. The van der Waals surface area contributed by atoms with Gasteiger partial charge in [0, 0.05) is 55.7 Å². The van der Waals surface area contributed by atoms with Gasteiger partial charge in [-0.15, -0.1) is 0 Å². The Morgan fingerprint density at radius 2 is 1.71 bits per heavy atom. The van der Waals surface area contributed by atoms with Crippen LogP contribution in [0.4, 0.5) is 0 Å². The van der Waals surface area contributed by atoms with Gasteiger partial charge in [0.2, 0.25) is 5.91 Å². The Hall–Kier alpha value is -2.61. The number of hydrogen-bond acceptors (Lipinski definition) is 5. The van der Waals surface area contributed by atoms with Gasteiger partial charge in [-0.1, -0.05) is 23.7 Å². The first kappa shape index (κ1) is 25.5. The second kappa shape index (κ2) is 11.9. The van der Waals surface area contributed by atoms with Gasteiger partial charge in [0.15, 0.2) is 0 Å². The maximum Gasteiger partial charge on any atom is 0.253 e. The number of amides is 2. The van der Waals surface area contributed by atoms with Gasteiger partial charge in [-0.3, -0.25) is 9.59 Å². The highest BCUT2D eigenvalue weighted by Crippen LogP contribution is 2.37. The molecule has 2 aliphatic rings. The third-order valence-corrected chi connectivity index (χ3v) is 7.10. The first-order chi connectivity index (χ1) is 17.0. The summed E-state index contributed by atoms with van der Waals surface area (Å²) in [6.07, 6.45) is 1.78. The van der Waals surface area contributed by atoms with E-state index in [1.54, 1.807) is 19.2 Å². The molecule has 4 rings (SSSR count). The molecule has 0 aliphatic carbocycles. The van der Waals surface area contributed by atoms with E-state index in [1.807, 2.05) is 46.2 Å². The molecule has 35 heavy (non-hydrogen) atoms. The minimum Gasteiger partial charge on any atom is -0.493 e. The lowest BCUT2D eigenvalue weighted by molar-refractivity contribution is -0.139. The van der Waals surface area contributed by atoms with Gasteiger partial charge in [-0.25, -0.2) is 0 Å². The topological polar surface area (TPSA) is 68.3 Å². The van der Waals surface area contributed by atoms with Crippen LogP contribution in [0.1, 0.15) is 35.2 Å². The summed E-state index contributed by atoms with van der Waals surface area (Å²) in [6.45, 7) is 4.42. The van der Waals surface area contributed by atoms with E-state index in [9.17, 15) is 9.59 Å². The molecule has 188 valence electrons. The summed E-state index contributed by atoms with van der Waals surface area (Å²) in [4.78, 5) is 30.1. The number of ether oxygens (including phenoxy) is 3.